The normalized spacial score (nSPS) is 15.4. The van der Waals surface area contributed by atoms with Gasteiger partial charge in [0.25, 0.3) is 0 Å². The molecule has 0 N–H and O–H groups in total. The SMILES string of the molecule is O=S1(=O)c2c(Br)cccc2-c2cccc(Br)c21. The Hall–Kier alpha value is -0.650. The van der Waals surface area contributed by atoms with Gasteiger partial charge in [-0.05, 0) is 44.0 Å². The van der Waals surface area contributed by atoms with Crippen molar-refractivity contribution in [3.63, 3.8) is 0 Å². The van der Waals surface area contributed by atoms with Crippen LogP contribution >= 0.6 is 31.9 Å². The minimum atomic E-state index is -3.42. The monoisotopic (exact) mass is 372 g/mol. The van der Waals surface area contributed by atoms with Crippen LogP contribution in [-0.2, 0) is 9.84 Å². The quantitative estimate of drug-likeness (QED) is 0.596. The maximum atomic E-state index is 12.5. The van der Waals surface area contributed by atoms with Crippen LogP contribution in [0.4, 0.5) is 0 Å². The molecule has 2 nitrogen and oxygen atoms in total. The molecule has 1 aliphatic rings. The molecular formula is C12H6Br2O2S. The fourth-order valence-electron chi connectivity index (χ4n) is 2.09. The molecule has 0 spiro atoms. The molecule has 0 saturated heterocycles. The molecular weight excluding hydrogens is 368 g/mol. The van der Waals surface area contributed by atoms with Gasteiger partial charge >= 0.3 is 0 Å². The molecule has 1 heterocycles. The summed E-state index contributed by atoms with van der Waals surface area (Å²) in [6.45, 7) is 0. The number of halogens is 2. The van der Waals surface area contributed by atoms with E-state index in [1.807, 2.05) is 24.3 Å². The van der Waals surface area contributed by atoms with Gasteiger partial charge in [-0.2, -0.15) is 0 Å². The zero-order chi connectivity index (χ0) is 12.2. The van der Waals surface area contributed by atoms with Crippen molar-refractivity contribution in [2.45, 2.75) is 9.79 Å². The van der Waals surface area contributed by atoms with Crippen molar-refractivity contribution >= 4 is 41.7 Å². The van der Waals surface area contributed by atoms with Gasteiger partial charge in [-0.1, -0.05) is 24.3 Å². The fraction of sp³-hybridized carbons (Fsp3) is 0. The van der Waals surface area contributed by atoms with Gasteiger partial charge in [-0.25, -0.2) is 8.42 Å². The maximum absolute atomic E-state index is 12.5. The van der Waals surface area contributed by atoms with E-state index in [9.17, 15) is 8.42 Å². The molecule has 0 aliphatic carbocycles. The number of rotatable bonds is 0. The molecule has 0 saturated carbocycles. The summed E-state index contributed by atoms with van der Waals surface area (Å²) in [4.78, 5) is 0.726. The van der Waals surface area contributed by atoms with Gasteiger partial charge in [0, 0.05) is 20.1 Å². The summed E-state index contributed by atoms with van der Waals surface area (Å²) in [6, 6.07) is 10.8. The van der Waals surface area contributed by atoms with Gasteiger partial charge in [0.05, 0.1) is 9.79 Å². The zero-order valence-electron chi connectivity index (χ0n) is 8.44. The second-order valence-corrected chi connectivity index (χ2v) is 7.27. The van der Waals surface area contributed by atoms with Gasteiger partial charge in [-0.15, -0.1) is 0 Å². The first kappa shape index (κ1) is 11.4. The van der Waals surface area contributed by atoms with E-state index in [0.717, 1.165) is 11.1 Å². The van der Waals surface area contributed by atoms with Crippen LogP contribution < -0.4 is 0 Å². The number of hydrogen-bond donors (Lipinski definition) is 0. The molecule has 0 amide bonds. The van der Waals surface area contributed by atoms with E-state index in [2.05, 4.69) is 31.9 Å². The maximum Gasteiger partial charge on any atom is 0.210 e. The van der Waals surface area contributed by atoms with Crippen LogP contribution in [0.3, 0.4) is 0 Å². The van der Waals surface area contributed by atoms with E-state index >= 15 is 0 Å². The Morgan fingerprint density at radius 2 is 1.18 bits per heavy atom. The second kappa shape index (κ2) is 3.67. The lowest BCUT2D eigenvalue weighted by molar-refractivity contribution is 0.598. The van der Waals surface area contributed by atoms with Crippen molar-refractivity contribution in [3.05, 3.63) is 45.3 Å². The number of sulfone groups is 1. The van der Waals surface area contributed by atoms with Gasteiger partial charge in [0.15, 0.2) is 0 Å². The van der Waals surface area contributed by atoms with E-state index in [-0.39, 0.29) is 0 Å². The molecule has 0 bridgehead atoms. The molecule has 1 aliphatic heterocycles. The Labute approximate surface area is 116 Å². The molecule has 0 atom stereocenters. The number of hydrogen-bond acceptors (Lipinski definition) is 2. The Balaban J connectivity index is 2.56. The van der Waals surface area contributed by atoms with Crippen molar-refractivity contribution in [1.29, 1.82) is 0 Å². The minimum Gasteiger partial charge on any atom is -0.218 e. The van der Waals surface area contributed by atoms with Crippen LogP contribution in [0, 0.1) is 0 Å². The van der Waals surface area contributed by atoms with Crippen molar-refractivity contribution < 1.29 is 8.42 Å². The number of fused-ring (bicyclic) bond motifs is 3. The zero-order valence-corrected chi connectivity index (χ0v) is 12.4. The Bertz CT molecular complexity index is 679. The van der Waals surface area contributed by atoms with Gasteiger partial charge in [0.2, 0.25) is 9.84 Å². The molecule has 0 fully saturated rings. The third kappa shape index (κ3) is 1.46. The van der Waals surface area contributed by atoms with Gasteiger partial charge < -0.3 is 0 Å². The average molecular weight is 374 g/mol. The smallest absolute Gasteiger partial charge is 0.210 e. The molecule has 0 aromatic heterocycles. The van der Waals surface area contributed by atoms with Crippen LogP contribution in [0.2, 0.25) is 0 Å². The lowest BCUT2D eigenvalue weighted by atomic mass is 10.1. The van der Waals surface area contributed by atoms with Crippen LogP contribution in [0.25, 0.3) is 11.1 Å². The Kier molecular flexibility index (Phi) is 2.47. The Morgan fingerprint density at radius 1 is 0.765 bits per heavy atom. The van der Waals surface area contributed by atoms with Gasteiger partial charge in [-0.3, -0.25) is 0 Å². The molecule has 2 aromatic carbocycles. The van der Waals surface area contributed by atoms with Crippen molar-refractivity contribution in [2.75, 3.05) is 0 Å². The predicted octanol–water partition coefficient (Wildman–Crippen LogP) is 4.02. The first-order chi connectivity index (χ1) is 8.03. The van der Waals surface area contributed by atoms with E-state index in [1.54, 1.807) is 12.1 Å². The highest BCUT2D eigenvalue weighted by Crippen LogP contribution is 2.48. The highest BCUT2D eigenvalue weighted by molar-refractivity contribution is 9.11. The highest BCUT2D eigenvalue weighted by Gasteiger charge is 2.36. The molecule has 5 heteroatoms. The first-order valence-electron chi connectivity index (χ1n) is 4.86. The molecule has 0 unspecified atom stereocenters. The lowest BCUT2D eigenvalue weighted by Gasteiger charge is -2.01. The van der Waals surface area contributed by atoms with Crippen LogP contribution in [0.5, 0.6) is 0 Å². The summed E-state index contributed by atoms with van der Waals surface area (Å²) >= 11 is 6.62. The molecule has 2 aromatic rings. The third-order valence-corrected chi connectivity index (χ3v) is 6.56. The summed E-state index contributed by atoms with van der Waals surface area (Å²) in [6.07, 6.45) is 0. The van der Waals surface area contributed by atoms with E-state index in [1.165, 1.54) is 0 Å². The Morgan fingerprint density at radius 3 is 1.59 bits per heavy atom. The molecule has 3 rings (SSSR count). The molecule has 17 heavy (non-hydrogen) atoms. The third-order valence-electron chi connectivity index (χ3n) is 2.76. The standard InChI is InChI=1S/C12H6Br2O2S/c13-9-5-1-3-7-8-4-2-6-10(14)12(8)17(15,16)11(7)9/h1-6H. The van der Waals surface area contributed by atoms with Crippen molar-refractivity contribution in [3.8, 4) is 11.1 Å². The summed E-state index contributed by atoms with van der Waals surface area (Å²) in [7, 11) is -3.42. The summed E-state index contributed by atoms with van der Waals surface area (Å²) in [5.74, 6) is 0. The minimum absolute atomic E-state index is 0.363. The van der Waals surface area contributed by atoms with Crippen LogP contribution in [0.1, 0.15) is 0 Å². The fourth-order valence-corrected chi connectivity index (χ4v) is 5.89. The largest absolute Gasteiger partial charge is 0.218 e. The van der Waals surface area contributed by atoms with Crippen LogP contribution in [0.15, 0.2) is 55.1 Å². The van der Waals surface area contributed by atoms with Crippen molar-refractivity contribution in [1.82, 2.24) is 0 Å². The summed E-state index contributed by atoms with van der Waals surface area (Å²) in [5, 5.41) is 0. The lowest BCUT2D eigenvalue weighted by Crippen LogP contribution is -1.98. The predicted molar refractivity (Wildman–Crippen MR) is 72.7 cm³/mol. The number of benzene rings is 2. The average Bonchev–Trinajstić information content (AvgIpc) is 2.50. The topological polar surface area (TPSA) is 34.1 Å². The highest BCUT2D eigenvalue weighted by atomic mass is 79.9. The van der Waals surface area contributed by atoms with E-state index in [4.69, 9.17) is 0 Å². The first-order valence-corrected chi connectivity index (χ1v) is 7.93. The van der Waals surface area contributed by atoms with Gasteiger partial charge in [0.1, 0.15) is 0 Å². The van der Waals surface area contributed by atoms with Crippen molar-refractivity contribution in [2.24, 2.45) is 0 Å². The van der Waals surface area contributed by atoms with Crippen LogP contribution in [-0.4, -0.2) is 8.42 Å². The molecule has 0 radical (unpaired) electrons. The summed E-state index contributed by atoms with van der Waals surface area (Å²) in [5.41, 5.74) is 1.52. The van der Waals surface area contributed by atoms with E-state index in [0.29, 0.717) is 18.7 Å². The van der Waals surface area contributed by atoms with E-state index < -0.39 is 9.84 Å². The summed E-state index contributed by atoms with van der Waals surface area (Å²) < 4.78 is 26.1. The second-order valence-electron chi connectivity index (χ2n) is 3.74. The molecule has 86 valence electrons.